The van der Waals surface area contributed by atoms with Crippen molar-refractivity contribution >= 4 is 5.91 Å². The summed E-state index contributed by atoms with van der Waals surface area (Å²) in [5.41, 5.74) is 2.77. The summed E-state index contributed by atoms with van der Waals surface area (Å²) in [4.78, 5) is 25.1. The van der Waals surface area contributed by atoms with E-state index in [2.05, 4.69) is 62.7 Å². The molecule has 0 N–H and O–H groups in total. The highest BCUT2D eigenvalue weighted by Gasteiger charge is 2.28. The number of amides is 1. The van der Waals surface area contributed by atoms with E-state index in [9.17, 15) is 4.79 Å². The molecule has 3 saturated heterocycles. The Balaban J connectivity index is 1.20. The molecule has 6 nitrogen and oxygen atoms in total. The lowest BCUT2D eigenvalue weighted by atomic mass is 10.0. The van der Waals surface area contributed by atoms with Crippen LogP contribution in [0.15, 0.2) is 24.3 Å². The highest BCUT2D eigenvalue weighted by molar-refractivity contribution is 5.78. The summed E-state index contributed by atoms with van der Waals surface area (Å²) in [7, 11) is 2.24. The second-order valence-electron chi connectivity index (χ2n) is 9.81. The summed E-state index contributed by atoms with van der Waals surface area (Å²) in [6, 6.07) is 9.36. The van der Waals surface area contributed by atoms with Gasteiger partial charge in [0.25, 0.3) is 0 Å². The van der Waals surface area contributed by atoms with Gasteiger partial charge in [0.1, 0.15) is 0 Å². The fraction of sp³-hybridized carbons (Fsp3) is 0.720. The molecule has 0 aromatic heterocycles. The molecule has 3 aliphatic rings. The molecule has 1 unspecified atom stereocenters. The molecule has 1 aromatic rings. The average Bonchev–Trinajstić information content (AvgIpc) is 3.02. The molecule has 31 heavy (non-hydrogen) atoms. The zero-order valence-electron chi connectivity index (χ0n) is 19.6. The van der Waals surface area contributed by atoms with Crippen LogP contribution in [0.25, 0.3) is 0 Å². The number of carbonyl (C=O) groups excluding carboxylic acids is 1. The number of likely N-dealkylation sites (tertiary alicyclic amines) is 1. The molecule has 1 aromatic carbocycles. The summed E-state index contributed by atoms with van der Waals surface area (Å²) < 4.78 is 0. The predicted molar refractivity (Wildman–Crippen MR) is 126 cm³/mol. The van der Waals surface area contributed by atoms with Crippen LogP contribution < -0.4 is 0 Å². The first kappa shape index (κ1) is 22.7. The van der Waals surface area contributed by atoms with Crippen LogP contribution >= 0.6 is 0 Å². The minimum atomic E-state index is 0.323. The Bertz CT molecular complexity index is 718. The molecule has 6 heteroatoms. The van der Waals surface area contributed by atoms with E-state index >= 15 is 0 Å². The topological polar surface area (TPSA) is 33.3 Å². The van der Waals surface area contributed by atoms with E-state index in [1.807, 2.05) is 0 Å². The summed E-state index contributed by atoms with van der Waals surface area (Å²) in [5.74, 6) is 0.323. The van der Waals surface area contributed by atoms with Crippen molar-refractivity contribution in [1.82, 2.24) is 24.5 Å². The quantitative estimate of drug-likeness (QED) is 0.715. The van der Waals surface area contributed by atoms with Crippen LogP contribution in [0, 0.1) is 6.92 Å². The third-order valence-corrected chi connectivity index (χ3v) is 7.48. The van der Waals surface area contributed by atoms with Crippen LogP contribution in [0.2, 0.25) is 0 Å². The molecular weight excluding hydrogens is 386 g/mol. The number of piperazine rings is 1. The van der Waals surface area contributed by atoms with Crippen molar-refractivity contribution in [1.29, 1.82) is 0 Å². The lowest BCUT2D eigenvalue weighted by Gasteiger charge is -2.42. The van der Waals surface area contributed by atoms with Crippen molar-refractivity contribution in [3.63, 3.8) is 0 Å². The third kappa shape index (κ3) is 6.28. The van der Waals surface area contributed by atoms with Crippen LogP contribution in [-0.2, 0) is 11.3 Å². The van der Waals surface area contributed by atoms with E-state index < -0.39 is 0 Å². The number of hydrogen-bond donors (Lipinski definition) is 0. The van der Waals surface area contributed by atoms with Gasteiger partial charge in [-0.25, -0.2) is 0 Å². The van der Waals surface area contributed by atoms with Crippen molar-refractivity contribution in [3.8, 4) is 0 Å². The number of piperidine rings is 1. The number of likely N-dealkylation sites (N-methyl/N-ethyl adjacent to an activating group) is 1. The normalized spacial score (nSPS) is 25.5. The molecule has 1 atom stereocenters. The predicted octanol–water partition coefficient (Wildman–Crippen LogP) is 1.74. The minimum absolute atomic E-state index is 0.323. The van der Waals surface area contributed by atoms with Gasteiger partial charge in [-0.05, 0) is 50.9 Å². The van der Waals surface area contributed by atoms with E-state index in [0.29, 0.717) is 18.5 Å². The second kappa shape index (κ2) is 10.9. The van der Waals surface area contributed by atoms with Gasteiger partial charge in [-0.15, -0.1) is 0 Å². The van der Waals surface area contributed by atoms with Gasteiger partial charge in [0, 0.05) is 71.5 Å². The van der Waals surface area contributed by atoms with Gasteiger partial charge in [0.05, 0.1) is 6.54 Å². The largest absolute Gasteiger partial charge is 0.340 e. The highest BCUT2D eigenvalue weighted by Crippen LogP contribution is 2.17. The van der Waals surface area contributed by atoms with Gasteiger partial charge in [0.2, 0.25) is 5.91 Å². The molecule has 0 aliphatic carbocycles. The van der Waals surface area contributed by atoms with E-state index in [1.165, 1.54) is 37.1 Å². The third-order valence-electron chi connectivity index (χ3n) is 7.48. The van der Waals surface area contributed by atoms with Crippen LogP contribution in [0.3, 0.4) is 0 Å². The van der Waals surface area contributed by atoms with Gasteiger partial charge in [0.15, 0.2) is 0 Å². The standard InChI is InChI=1S/C25H41N5O/c1-22-7-3-4-8-23(22)19-27-11-6-12-30(18-15-27)25(31)21-28-13-16-29(17-14-28)24-9-5-10-26(2)20-24/h3-4,7-8,24H,5-6,9-21H2,1-2H3. The maximum Gasteiger partial charge on any atom is 0.236 e. The van der Waals surface area contributed by atoms with E-state index in [0.717, 1.165) is 65.3 Å². The summed E-state index contributed by atoms with van der Waals surface area (Å²) >= 11 is 0. The first-order valence-corrected chi connectivity index (χ1v) is 12.3. The fourth-order valence-electron chi connectivity index (χ4n) is 5.42. The molecule has 172 valence electrons. The van der Waals surface area contributed by atoms with Crippen LogP contribution in [0.4, 0.5) is 0 Å². The van der Waals surface area contributed by atoms with Gasteiger partial charge < -0.3 is 9.80 Å². The number of carbonyl (C=O) groups is 1. The van der Waals surface area contributed by atoms with E-state index in [4.69, 9.17) is 0 Å². The molecule has 1 amide bonds. The Kier molecular flexibility index (Phi) is 7.99. The monoisotopic (exact) mass is 427 g/mol. The van der Waals surface area contributed by atoms with Gasteiger partial charge in [-0.2, -0.15) is 0 Å². The molecule has 0 radical (unpaired) electrons. The molecule has 0 saturated carbocycles. The van der Waals surface area contributed by atoms with Crippen molar-refractivity contribution in [3.05, 3.63) is 35.4 Å². The van der Waals surface area contributed by atoms with Crippen LogP contribution in [0.5, 0.6) is 0 Å². The van der Waals surface area contributed by atoms with E-state index in [-0.39, 0.29) is 0 Å². The Hall–Kier alpha value is -1.47. The van der Waals surface area contributed by atoms with Crippen molar-refractivity contribution in [2.75, 3.05) is 79.0 Å². The highest BCUT2D eigenvalue weighted by atomic mass is 16.2. The van der Waals surface area contributed by atoms with Crippen molar-refractivity contribution in [2.24, 2.45) is 0 Å². The molecular formula is C25H41N5O. The number of nitrogens with zero attached hydrogens (tertiary/aromatic N) is 5. The lowest BCUT2D eigenvalue weighted by Crippen LogP contribution is -2.55. The van der Waals surface area contributed by atoms with Crippen LogP contribution in [0.1, 0.15) is 30.4 Å². The lowest BCUT2D eigenvalue weighted by molar-refractivity contribution is -0.132. The smallest absolute Gasteiger partial charge is 0.236 e. The number of hydrogen-bond acceptors (Lipinski definition) is 5. The zero-order chi connectivity index (χ0) is 21.6. The molecule has 4 rings (SSSR count). The second-order valence-corrected chi connectivity index (χ2v) is 9.81. The van der Waals surface area contributed by atoms with Gasteiger partial charge in [-0.3, -0.25) is 19.5 Å². The summed E-state index contributed by atoms with van der Waals surface area (Å²) in [6.45, 7) is 14.3. The van der Waals surface area contributed by atoms with Crippen molar-refractivity contribution < 1.29 is 4.79 Å². The Labute approximate surface area is 188 Å². The Morgan fingerprint density at radius 2 is 1.68 bits per heavy atom. The fourth-order valence-corrected chi connectivity index (χ4v) is 5.42. The summed E-state index contributed by atoms with van der Waals surface area (Å²) in [5, 5.41) is 0. The molecule has 3 fully saturated rings. The molecule has 3 aliphatic heterocycles. The van der Waals surface area contributed by atoms with Gasteiger partial charge >= 0.3 is 0 Å². The summed E-state index contributed by atoms with van der Waals surface area (Å²) in [6.07, 6.45) is 3.71. The number of aryl methyl sites for hydroxylation is 1. The Morgan fingerprint density at radius 3 is 2.45 bits per heavy atom. The SMILES string of the molecule is Cc1ccccc1CN1CCCN(C(=O)CN2CCN(C3CCCN(C)C3)CC2)CC1. The van der Waals surface area contributed by atoms with E-state index in [1.54, 1.807) is 0 Å². The molecule has 3 heterocycles. The van der Waals surface area contributed by atoms with Crippen molar-refractivity contribution in [2.45, 2.75) is 38.8 Å². The molecule has 0 bridgehead atoms. The maximum absolute atomic E-state index is 13.0. The average molecular weight is 428 g/mol. The van der Waals surface area contributed by atoms with Gasteiger partial charge in [-0.1, -0.05) is 24.3 Å². The minimum Gasteiger partial charge on any atom is -0.340 e. The van der Waals surface area contributed by atoms with Crippen LogP contribution in [-0.4, -0.2) is 115 Å². The maximum atomic E-state index is 13.0. The molecule has 0 spiro atoms. The zero-order valence-corrected chi connectivity index (χ0v) is 19.6. The number of rotatable bonds is 5. The number of benzene rings is 1. The Morgan fingerprint density at radius 1 is 0.903 bits per heavy atom. The first-order chi connectivity index (χ1) is 15.1. The first-order valence-electron chi connectivity index (χ1n) is 12.3.